The molecule has 30 heavy (non-hydrogen) atoms. The van der Waals surface area contributed by atoms with E-state index in [1.54, 1.807) is 0 Å². The van der Waals surface area contributed by atoms with Crippen LogP contribution in [0.1, 0.15) is 23.2 Å². The Hall–Kier alpha value is -3.62. The SMILES string of the molecule is N#Cc1nn(-c2ccc(C(F)(F)F)cc2)cc1CNC(=O)C1CC(F)CN1C(=O)O. The van der Waals surface area contributed by atoms with Crippen molar-refractivity contribution >= 4 is 12.0 Å². The molecule has 0 bridgehead atoms. The summed E-state index contributed by atoms with van der Waals surface area (Å²) >= 11 is 0. The van der Waals surface area contributed by atoms with E-state index >= 15 is 0 Å². The van der Waals surface area contributed by atoms with E-state index < -0.39 is 42.5 Å². The van der Waals surface area contributed by atoms with Crippen molar-refractivity contribution in [3.63, 3.8) is 0 Å². The maximum absolute atomic E-state index is 13.5. The quantitative estimate of drug-likeness (QED) is 0.731. The van der Waals surface area contributed by atoms with Crippen LogP contribution in [0.4, 0.5) is 22.4 Å². The van der Waals surface area contributed by atoms with Crippen LogP contribution in [-0.2, 0) is 17.5 Å². The summed E-state index contributed by atoms with van der Waals surface area (Å²) in [5.41, 5.74) is -0.371. The molecule has 0 spiro atoms. The number of aromatic nitrogens is 2. The number of benzene rings is 1. The van der Waals surface area contributed by atoms with Gasteiger partial charge in [0.1, 0.15) is 18.3 Å². The van der Waals surface area contributed by atoms with Crippen LogP contribution in [0, 0.1) is 11.3 Å². The molecule has 1 aromatic heterocycles. The summed E-state index contributed by atoms with van der Waals surface area (Å²) in [5.74, 6) is -0.719. The lowest BCUT2D eigenvalue weighted by Gasteiger charge is -2.20. The summed E-state index contributed by atoms with van der Waals surface area (Å²) < 4.78 is 52.7. The Morgan fingerprint density at radius 1 is 1.30 bits per heavy atom. The number of hydrogen-bond acceptors (Lipinski definition) is 4. The first-order valence-electron chi connectivity index (χ1n) is 8.67. The molecule has 1 aliphatic heterocycles. The third kappa shape index (κ3) is 4.35. The van der Waals surface area contributed by atoms with Crippen molar-refractivity contribution in [1.82, 2.24) is 20.0 Å². The number of alkyl halides is 4. The number of rotatable bonds is 4. The molecule has 0 saturated carbocycles. The topological polar surface area (TPSA) is 111 Å². The van der Waals surface area contributed by atoms with Gasteiger partial charge < -0.3 is 10.4 Å². The highest BCUT2D eigenvalue weighted by atomic mass is 19.4. The zero-order valence-corrected chi connectivity index (χ0v) is 15.2. The van der Waals surface area contributed by atoms with Crippen molar-refractivity contribution in [3.8, 4) is 11.8 Å². The third-order valence-corrected chi connectivity index (χ3v) is 4.61. The average molecular weight is 425 g/mol. The van der Waals surface area contributed by atoms with Crippen LogP contribution in [0.5, 0.6) is 0 Å². The number of halogens is 4. The Kier molecular flexibility index (Phi) is 5.64. The maximum Gasteiger partial charge on any atom is 0.416 e. The van der Waals surface area contributed by atoms with Crippen molar-refractivity contribution in [2.24, 2.45) is 0 Å². The second kappa shape index (κ2) is 8.02. The molecule has 2 heterocycles. The first-order chi connectivity index (χ1) is 14.1. The summed E-state index contributed by atoms with van der Waals surface area (Å²) in [6.45, 7) is -0.591. The molecular formula is C18H15F4N5O3. The van der Waals surface area contributed by atoms with Gasteiger partial charge in [-0.2, -0.15) is 23.5 Å². The van der Waals surface area contributed by atoms with E-state index in [9.17, 15) is 32.4 Å². The molecule has 3 rings (SSSR count). The molecule has 1 aliphatic rings. The van der Waals surface area contributed by atoms with Gasteiger partial charge in [-0.25, -0.2) is 13.9 Å². The molecule has 1 fully saturated rings. The van der Waals surface area contributed by atoms with Gasteiger partial charge >= 0.3 is 12.3 Å². The number of hydrogen-bond donors (Lipinski definition) is 2. The van der Waals surface area contributed by atoms with Crippen LogP contribution < -0.4 is 5.32 Å². The summed E-state index contributed by atoms with van der Waals surface area (Å²) in [4.78, 5) is 24.1. The van der Waals surface area contributed by atoms with Crippen LogP contribution in [0.2, 0.25) is 0 Å². The number of amides is 2. The van der Waals surface area contributed by atoms with E-state index in [0.29, 0.717) is 4.90 Å². The molecule has 2 unspecified atom stereocenters. The Morgan fingerprint density at radius 3 is 2.53 bits per heavy atom. The zero-order valence-electron chi connectivity index (χ0n) is 15.2. The van der Waals surface area contributed by atoms with Crippen molar-refractivity contribution < 1.29 is 32.3 Å². The minimum Gasteiger partial charge on any atom is -0.465 e. The minimum atomic E-state index is -4.49. The molecular weight excluding hydrogens is 410 g/mol. The molecule has 8 nitrogen and oxygen atoms in total. The number of carbonyl (C=O) groups is 2. The Labute approximate surface area is 167 Å². The van der Waals surface area contributed by atoms with Gasteiger partial charge in [-0.05, 0) is 24.3 Å². The van der Waals surface area contributed by atoms with Crippen LogP contribution in [0.25, 0.3) is 5.69 Å². The number of likely N-dealkylation sites (tertiary alicyclic amines) is 1. The lowest BCUT2D eigenvalue weighted by molar-refractivity contribution is -0.137. The Balaban J connectivity index is 1.73. The van der Waals surface area contributed by atoms with E-state index in [4.69, 9.17) is 5.11 Å². The van der Waals surface area contributed by atoms with Gasteiger partial charge in [-0.15, -0.1) is 0 Å². The lowest BCUT2D eigenvalue weighted by Crippen LogP contribution is -2.45. The third-order valence-electron chi connectivity index (χ3n) is 4.61. The standard InChI is InChI=1S/C18H15F4N5O3/c19-12-5-15(26(9-12)17(29)30)16(28)24-7-10-8-27(25-14(10)6-23)13-3-1-11(2-4-13)18(20,21)22/h1-4,8,12,15H,5,7,9H2,(H,24,28)(H,29,30). The lowest BCUT2D eigenvalue weighted by atomic mass is 10.2. The molecule has 2 amide bonds. The molecule has 158 valence electrons. The van der Waals surface area contributed by atoms with Gasteiger partial charge in [-0.3, -0.25) is 9.69 Å². The molecule has 2 atom stereocenters. The fraction of sp³-hybridized carbons (Fsp3) is 0.333. The van der Waals surface area contributed by atoms with Crippen molar-refractivity contribution in [3.05, 3.63) is 47.3 Å². The molecule has 2 aromatic rings. The summed E-state index contributed by atoms with van der Waals surface area (Å²) in [7, 11) is 0. The number of nitrogens with one attached hydrogen (secondary N) is 1. The van der Waals surface area contributed by atoms with E-state index in [2.05, 4.69) is 10.4 Å². The first-order valence-corrected chi connectivity index (χ1v) is 8.67. The largest absolute Gasteiger partial charge is 0.465 e. The number of carboxylic acid groups (broad SMARTS) is 1. The fourth-order valence-corrected chi connectivity index (χ4v) is 3.11. The van der Waals surface area contributed by atoms with Gasteiger partial charge in [0.2, 0.25) is 5.91 Å². The highest BCUT2D eigenvalue weighted by Gasteiger charge is 2.39. The molecule has 0 aliphatic carbocycles. The van der Waals surface area contributed by atoms with Crippen molar-refractivity contribution in [2.45, 2.75) is 31.4 Å². The normalized spacial score (nSPS) is 18.8. The molecule has 2 N–H and O–H groups in total. The molecule has 12 heteroatoms. The fourth-order valence-electron chi connectivity index (χ4n) is 3.11. The predicted octanol–water partition coefficient (Wildman–Crippen LogP) is 2.47. The minimum absolute atomic E-state index is 0.0694. The Morgan fingerprint density at radius 2 is 1.97 bits per heavy atom. The van der Waals surface area contributed by atoms with E-state index in [-0.39, 0.29) is 29.9 Å². The first kappa shape index (κ1) is 21.1. The average Bonchev–Trinajstić information content (AvgIpc) is 3.29. The molecule has 1 aromatic carbocycles. The van der Waals surface area contributed by atoms with Gasteiger partial charge in [0.25, 0.3) is 0 Å². The smallest absolute Gasteiger partial charge is 0.416 e. The van der Waals surface area contributed by atoms with E-state index in [1.807, 2.05) is 6.07 Å². The predicted molar refractivity (Wildman–Crippen MR) is 93.2 cm³/mol. The van der Waals surface area contributed by atoms with Crippen LogP contribution in [-0.4, -0.2) is 50.5 Å². The second-order valence-corrected chi connectivity index (χ2v) is 6.61. The van der Waals surface area contributed by atoms with Crippen molar-refractivity contribution in [2.75, 3.05) is 6.54 Å². The van der Waals surface area contributed by atoms with Gasteiger partial charge in [0, 0.05) is 24.7 Å². The molecule has 1 saturated heterocycles. The van der Waals surface area contributed by atoms with Gasteiger partial charge in [-0.1, -0.05) is 0 Å². The number of nitrogens with zero attached hydrogens (tertiary/aromatic N) is 4. The summed E-state index contributed by atoms with van der Waals surface area (Å²) in [6.07, 6.45) is -6.26. The summed E-state index contributed by atoms with van der Waals surface area (Å²) in [5, 5.41) is 24.7. The maximum atomic E-state index is 13.5. The number of nitriles is 1. The van der Waals surface area contributed by atoms with Crippen LogP contribution >= 0.6 is 0 Å². The molecule has 0 radical (unpaired) electrons. The second-order valence-electron chi connectivity index (χ2n) is 6.61. The zero-order chi connectivity index (χ0) is 22.1. The highest BCUT2D eigenvalue weighted by Crippen LogP contribution is 2.29. The summed E-state index contributed by atoms with van der Waals surface area (Å²) in [6, 6.07) is 4.75. The van der Waals surface area contributed by atoms with E-state index in [1.165, 1.54) is 23.0 Å². The van der Waals surface area contributed by atoms with E-state index in [0.717, 1.165) is 12.1 Å². The van der Waals surface area contributed by atoms with Gasteiger partial charge in [0.15, 0.2) is 5.69 Å². The van der Waals surface area contributed by atoms with Crippen LogP contribution in [0.15, 0.2) is 30.5 Å². The monoisotopic (exact) mass is 425 g/mol. The highest BCUT2D eigenvalue weighted by molar-refractivity contribution is 5.86. The van der Waals surface area contributed by atoms with Crippen LogP contribution in [0.3, 0.4) is 0 Å². The number of carbonyl (C=O) groups excluding carboxylic acids is 1. The van der Waals surface area contributed by atoms with Crippen molar-refractivity contribution in [1.29, 1.82) is 5.26 Å². The Bertz CT molecular complexity index is 997. The van der Waals surface area contributed by atoms with Gasteiger partial charge in [0.05, 0.1) is 17.8 Å².